The van der Waals surface area contributed by atoms with E-state index in [-0.39, 0.29) is 5.41 Å². The predicted molar refractivity (Wildman–Crippen MR) is 52.8 cm³/mol. The zero-order chi connectivity index (χ0) is 9.86. The first-order valence-corrected chi connectivity index (χ1v) is 4.92. The molecule has 0 spiro atoms. The van der Waals surface area contributed by atoms with Gasteiger partial charge in [-0.15, -0.1) is 0 Å². The molecule has 0 amide bonds. The Balaban J connectivity index is 2.27. The average Bonchev–Trinajstić information content (AvgIpc) is 2.31. The van der Waals surface area contributed by atoms with Crippen LogP contribution in [0.5, 0.6) is 0 Å². The summed E-state index contributed by atoms with van der Waals surface area (Å²) in [6, 6.07) is 1.96. The maximum absolute atomic E-state index is 5.85. The van der Waals surface area contributed by atoms with Gasteiger partial charge in [0.25, 0.3) is 0 Å². The Morgan fingerprint density at radius 2 is 2.21 bits per heavy atom. The molecular formula is C10H15N3O. The first kappa shape index (κ1) is 9.55. The van der Waals surface area contributed by atoms with Gasteiger partial charge in [0, 0.05) is 31.4 Å². The van der Waals surface area contributed by atoms with Gasteiger partial charge in [-0.3, -0.25) is 0 Å². The molecule has 0 aliphatic carbocycles. The van der Waals surface area contributed by atoms with Crippen molar-refractivity contribution >= 4 is 0 Å². The van der Waals surface area contributed by atoms with Gasteiger partial charge < -0.3 is 10.5 Å². The number of rotatable bonds is 2. The highest BCUT2D eigenvalue weighted by molar-refractivity contribution is 5.16. The van der Waals surface area contributed by atoms with Crippen molar-refractivity contribution in [2.45, 2.75) is 18.3 Å². The summed E-state index contributed by atoms with van der Waals surface area (Å²) in [5.41, 5.74) is 6.92. The summed E-state index contributed by atoms with van der Waals surface area (Å²) in [7, 11) is 0. The van der Waals surface area contributed by atoms with Crippen LogP contribution in [0.4, 0.5) is 0 Å². The Morgan fingerprint density at radius 1 is 1.43 bits per heavy atom. The molecule has 1 saturated heterocycles. The van der Waals surface area contributed by atoms with Crippen LogP contribution in [0, 0.1) is 0 Å². The number of aromatic nitrogens is 2. The van der Waals surface area contributed by atoms with Crippen LogP contribution in [-0.4, -0.2) is 29.7 Å². The van der Waals surface area contributed by atoms with E-state index in [9.17, 15) is 0 Å². The monoisotopic (exact) mass is 193 g/mol. The molecular weight excluding hydrogens is 178 g/mol. The van der Waals surface area contributed by atoms with Gasteiger partial charge in [0.05, 0.1) is 5.69 Å². The topological polar surface area (TPSA) is 61.0 Å². The summed E-state index contributed by atoms with van der Waals surface area (Å²) in [6.07, 6.45) is 5.28. The molecule has 1 aliphatic rings. The van der Waals surface area contributed by atoms with Gasteiger partial charge in [-0.1, -0.05) is 0 Å². The number of hydrogen-bond acceptors (Lipinski definition) is 4. The minimum Gasteiger partial charge on any atom is -0.381 e. The minimum absolute atomic E-state index is 0.0151. The zero-order valence-corrected chi connectivity index (χ0v) is 8.15. The van der Waals surface area contributed by atoms with Crippen LogP contribution in [-0.2, 0) is 10.2 Å². The van der Waals surface area contributed by atoms with E-state index in [1.807, 2.05) is 6.07 Å². The minimum atomic E-state index is 0.0151. The van der Waals surface area contributed by atoms with Crippen LogP contribution in [0.15, 0.2) is 18.6 Å². The van der Waals surface area contributed by atoms with E-state index >= 15 is 0 Å². The molecule has 2 heterocycles. The van der Waals surface area contributed by atoms with Gasteiger partial charge in [0.2, 0.25) is 0 Å². The lowest BCUT2D eigenvalue weighted by Crippen LogP contribution is -2.41. The molecule has 2 N–H and O–H groups in total. The van der Waals surface area contributed by atoms with Gasteiger partial charge in [-0.25, -0.2) is 9.97 Å². The third-order valence-electron chi connectivity index (χ3n) is 2.97. The standard InChI is InChI=1S/C10H15N3O/c11-7-10(2-5-14-6-3-10)9-1-4-12-8-13-9/h1,4,8H,2-3,5-7,11H2. The molecule has 1 aromatic rings. The van der Waals surface area contributed by atoms with E-state index in [1.165, 1.54) is 0 Å². The van der Waals surface area contributed by atoms with E-state index in [0.29, 0.717) is 6.54 Å². The van der Waals surface area contributed by atoms with Crippen LogP contribution in [0.25, 0.3) is 0 Å². The molecule has 0 bridgehead atoms. The largest absolute Gasteiger partial charge is 0.381 e. The molecule has 76 valence electrons. The molecule has 1 aromatic heterocycles. The Kier molecular flexibility index (Phi) is 2.74. The quantitative estimate of drug-likeness (QED) is 0.742. The summed E-state index contributed by atoms with van der Waals surface area (Å²) in [4.78, 5) is 8.22. The molecule has 0 aromatic carbocycles. The Labute approximate surface area is 83.5 Å². The molecule has 0 unspecified atom stereocenters. The van der Waals surface area contributed by atoms with Crippen molar-refractivity contribution in [2.75, 3.05) is 19.8 Å². The summed E-state index contributed by atoms with van der Waals surface area (Å²) < 4.78 is 5.35. The first-order chi connectivity index (χ1) is 6.87. The molecule has 1 fully saturated rings. The molecule has 0 atom stereocenters. The van der Waals surface area contributed by atoms with Gasteiger partial charge >= 0.3 is 0 Å². The van der Waals surface area contributed by atoms with Crippen LogP contribution < -0.4 is 5.73 Å². The van der Waals surface area contributed by atoms with Crippen molar-refractivity contribution in [3.05, 3.63) is 24.3 Å². The van der Waals surface area contributed by atoms with Crippen molar-refractivity contribution in [1.29, 1.82) is 0 Å². The Morgan fingerprint density at radius 3 is 2.79 bits per heavy atom. The fraction of sp³-hybridized carbons (Fsp3) is 0.600. The summed E-state index contributed by atoms with van der Waals surface area (Å²) in [5.74, 6) is 0. The average molecular weight is 193 g/mol. The lowest BCUT2D eigenvalue weighted by atomic mass is 9.77. The highest BCUT2D eigenvalue weighted by atomic mass is 16.5. The number of ether oxygens (including phenoxy) is 1. The van der Waals surface area contributed by atoms with Gasteiger partial charge in [0.15, 0.2) is 0 Å². The molecule has 0 radical (unpaired) electrons. The van der Waals surface area contributed by atoms with Crippen molar-refractivity contribution in [3.8, 4) is 0 Å². The number of nitrogens with two attached hydrogens (primary N) is 1. The normalized spacial score (nSPS) is 20.6. The van der Waals surface area contributed by atoms with Crippen LogP contribution in [0.2, 0.25) is 0 Å². The molecule has 2 rings (SSSR count). The highest BCUT2D eigenvalue weighted by Gasteiger charge is 2.34. The number of hydrogen-bond donors (Lipinski definition) is 1. The van der Waals surface area contributed by atoms with Crippen molar-refractivity contribution in [1.82, 2.24) is 9.97 Å². The molecule has 14 heavy (non-hydrogen) atoms. The molecule has 1 aliphatic heterocycles. The lowest BCUT2D eigenvalue weighted by molar-refractivity contribution is 0.0515. The fourth-order valence-electron chi connectivity index (χ4n) is 1.93. The zero-order valence-electron chi connectivity index (χ0n) is 8.15. The van der Waals surface area contributed by atoms with E-state index in [4.69, 9.17) is 10.5 Å². The lowest BCUT2D eigenvalue weighted by Gasteiger charge is -2.35. The third-order valence-corrected chi connectivity index (χ3v) is 2.97. The maximum Gasteiger partial charge on any atom is 0.115 e. The van der Waals surface area contributed by atoms with Crippen LogP contribution in [0.3, 0.4) is 0 Å². The second kappa shape index (κ2) is 4.02. The van der Waals surface area contributed by atoms with Crippen molar-refractivity contribution in [2.24, 2.45) is 5.73 Å². The Bertz CT molecular complexity index is 283. The smallest absolute Gasteiger partial charge is 0.115 e. The number of nitrogens with zero attached hydrogens (tertiary/aromatic N) is 2. The fourth-order valence-corrected chi connectivity index (χ4v) is 1.93. The van der Waals surface area contributed by atoms with E-state index in [0.717, 1.165) is 31.7 Å². The van der Waals surface area contributed by atoms with Gasteiger partial charge in [-0.2, -0.15) is 0 Å². The van der Waals surface area contributed by atoms with Crippen molar-refractivity contribution < 1.29 is 4.74 Å². The second-order valence-corrected chi connectivity index (χ2v) is 3.69. The third kappa shape index (κ3) is 1.63. The van der Waals surface area contributed by atoms with Gasteiger partial charge in [-0.05, 0) is 18.9 Å². The summed E-state index contributed by atoms with van der Waals surface area (Å²) >= 11 is 0. The Hall–Kier alpha value is -1.00. The second-order valence-electron chi connectivity index (χ2n) is 3.69. The van der Waals surface area contributed by atoms with Crippen LogP contribution >= 0.6 is 0 Å². The van der Waals surface area contributed by atoms with E-state index < -0.39 is 0 Å². The SMILES string of the molecule is NCC1(c2ccncn2)CCOCC1. The molecule has 4 heteroatoms. The molecule has 4 nitrogen and oxygen atoms in total. The van der Waals surface area contributed by atoms with Crippen molar-refractivity contribution in [3.63, 3.8) is 0 Å². The summed E-state index contributed by atoms with van der Waals surface area (Å²) in [6.45, 7) is 2.19. The van der Waals surface area contributed by atoms with E-state index in [1.54, 1.807) is 12.5 Å². The van der Waals surface area contributed by atoms with Crippen LogP contribution in [0.1, 0.15) is 18.5 Å². The summed E-state index contributed by atoms with van der Waals surface area (Å²) in [5, 5.41) is 0. The maximum atomic E-state index is 5.85. The first-order valence-electron chi connectivity index (χ1n) is 4.92. The van der Waals surface area contributed by atoms with E-state index in [2.05, 4.69) is 9.97 Å². The predicted octanol–water partition coefficient (Wildman–Crippen LogP) is 0.483. The van der Waals surface area contributed by atoms with Gasteiger partial charge in [0.1, 0.15) is 6.33 Å². The molecule has 0 saturated carbocycles. The highest BCUT2D eigenvalue weighted by Crippen LogP contribution is 2.31.